The molecule has 0 bridgehead atoms. The van der Waals surface area contributed by atoms with Crippen LogP contribution in [0.25, 0.3) is 5.82 Å². The first-order valence-electron chi connectivity index (χ1n) is 10.2. The number of hydrogen-bond donors (Lipinski definition) is 0. The zero-order chi connectivity index (χ0) is 19.5. The highest BCUT2D eigenvalue weighted by molar-refractivity contribution is 5.56. The molecule has 4 rings (SSSR count). The number of pyridine rings is 1. The van der Waals surface area contributed by atoms with E-state index >= 15 is 0 Å². The zero-order valence-electron chi connectivity index (χ0n) is 17.1. The predicted octanol–water partition coefficient (Wildman–Crippen LogP) is 3.77. The molecule has 146 valence electrons. The van der Waals surface area contributed by atoms with Crippen LogP contribution in [-0.2, 0) is 13.0 Å². The average molecular weight is 376 g/mol. The number of rotatable bonds is 5. The fourth-order valence-electron chi connectivity index (χ4n) is 4.06. The molecule has 0 amide bonds. The minimum Gasteiger partial charge on any atom is -0.366 e. The standard InChI is InChI=1S/C23H29N5/c1-4-20-8-10-21(11-9-20)17-26-13-15-27(16-14-26)23-18(2)25-28(19(23)3)22-7-5-6-12-24-22/h5-12H,4,13-17H2,1-3H3. The maximum Gasteiger partial charge on any atom is 0.153 e. The first-order chi connectivity index (χ1) is 13.7. The van der Waals surface area contributed by atoms with Gasteiger partial charge in [0.15, 0.2) is 5.82 Å². The first-order valence-corrected chi connectivity index (χ1v) is 10.2. The van der Waals surface area contributed by atoms with Crippen molar-refractivity contribution in [2.24, 2.45) is 0 Å². The van der Waals surface area contributed by atoms with Gasteiger partial charge < -0.3 is 4.90 Å². The van der Waals surface area contributed by atoms with Crippen molar-refractivity contribution in [1.82, 2.24) is 19.7 Å². The van der Waals surface area contributed by atoms with Crippen LogP contribution in [0.15, 0.2) is 48.7 Å². The number of benzene rings is 1. The maximum absolute atomic E-state index is 4.76. The molecule has 0 aliphatic carbocycles. The first kappa shape index (κ1) is 18.7. The van der Waals surface area contributed by atoms with Crippen molar-refractivity contribution in [3.8, 4) is 5.82 Å². The Morgan fingerprint density at radius 2 is 1.61 bits per heavy atom. The molecule has 0 spiro atoms. The lowest BCUT2D eigenvalue weighted by Crippen LogP contribution is -2.46. The molecule has 0 unspecified atom stereocenters. The van der Waals surface area contributed by atoms with E-state index in [-0.39, 0.29) is 0 Å². The topological polar surface area (TPSA) is 37.2 Å². The van der Waals surface area contributed by atoms with Gasteiger partial charge in [-0.2, -0.15) is 5.10 Å². The van der Waals surface area contributed by atoms with Gasteiger partial charge in [-0.15, -0.1) is 0 Å². The molecule has 1 saturated heterocycles. The van der Waals surface area contributed by atoms with Gasteiger partial charge in [0.25, 0.3) is 0 Å². The van der Waals surface area contributed by atoms with Crippen molar-refractivity contribution in [2.45, 2.75) is 33.7 Å². The lowest BCUT2D eigenvalue weighted by molar-refractivity contribution is 0.249. The predicted molar refractivity (Wildman–Crippen MR) is 114 cm³/mol. The van der Waals surface area contributed by atoms with Gasteiger partial charge in [0.2, 0.25) is 0 Å². The van der Waals surface area contributed by atoms with Crippen molar-refractivity contribution in [3.05, 3.63) is 71.2 Å². The number of piperazine rings is 1. The summed E-state index contributed by atoms with van der Waals surface area (Å²) in [6, 6.07) is 15.0. The number of aromatic nitrogens is 3. The summed E-state index contributed by atoms with van der Waals surface area (Å²) in [5, 5.41) is 4.76. The van der Waals surface area contributed by atoms with Gasteiger partial charge >= 0.3 is 0 Å². The molecular formula is C23H29N5. The highest BCUT2D eigenvalue weighted by Gasteiger charge is 2.23. The van der Waals surface area contributed by atoms with Gasteiger partial charge in [0, 0.05) is 38.9 Å². The van der Waals surface area contributed by atoms with Crippen LogP contribution in [0.5, 0.6) is 0 Å². The van der Waals surface area contributed by atoms with Gasteiger partial charge in [-0.05, 0) is 43.5 Å². The van der Waals surface area contributed by atoms with E-state index < -0.39 is 0 Å². The van der Waals surface area contributed by atoms with Crippen LogP contribution >= 0.6 is 0 Å². The van der Waals surface area contributed by atoms with Crippen molar-refractivity contribution >= 4 is 5.69 Å². The summed E-state index contributed by atoms with van der Waals surface area (Å²) in [6.45, 7) is 11.7. The second-order valence-corrected chi connectivity index (χ2v) is 7.55. The number of hydrogen-bond acceptors (Lipinski definition) is 4. The summed E-state index contributed by atoms with van der Waals surface area (Å²) in [7, 11) is 0. The summed E-state index contributed by atoms with van der Waals surface area (Å²) in [6.07, 6.45) is 2.92. The van der Waals surface area contributed by atoms with Crippen molar-refractivity contribution in [3.63, 3.8) is 0 Å². The molecule has 1 aliphatic rings. The minimum atomic E-state index is 0.878. The normalized spacial score (nSPS) is 15.2. The van der Waals surface area contributed by atoms with Crippen molar-refractivity contribution < 1.29 is 0 Å². The average Bonchev–Trinajstić information content (AvgIpc) is 3.04. The molecule has 5 heteroatoms. The Balaban J connectivity index is 1.43. The Kier molecular flexibility index (Phi) is 5.44. The van der Waals surface area contributed by atoms with Crippen LogP contribution in [-0.4, -0.2) is 45.8 Å². The molecule has 2 aromatic heterocycles. The zero-order valence-corrected chi connectivity index (χ0v) is 17.1. The summed E-state index contributed by atoms with van der Waals surface area (Å²) in [5.74, 6) is 0.878. The monoisotopic (exact) mass is 375 g/mol. The van der Waals surface area contributed by atoms with Crippen LogP contribution in [0.3, 0.4) is 0 Å². The third-order valence-electron chi connectivity index (χ3n) is 5.65. The van der Waals surface area contributed by atoms with E-state index in [1.54, 1.807) is 0 Å². The maximum atomic E-state index is 4.76. The second-order valence-electron chi connectivity index (χ2n) is 7.55. The van der Waals surface area contributed by atoms with E-state index in [1.807, 2.05) is 29.1 Å². The van der Waals surface area contributed by atoms with Crippen LogP contribution in [0, 0.1) is 13.8 Å². The Hall–Kier alpha value is -2.66. The van der Waals surface area contributed by atoms with Gasteiger partial charge in [0.1, 0.15) is 0 Å². The highest BCUT2D eigenvalue weighted by Crippen LogP contribution is 2.27. The second kappa shape index (κ2) is 8.15. The Labute approximate surface area is 167 Å². The van der Waals surface area contributed by atoms with Crippen LogP contribution in [0.4, 0.5) is 5.69 Å². The van der Waals surface area contributed by atoms with Crippen molar-refractivity contribution in [2.75, 3.05) is 31.1 Å². The molecule has 0 radical (unpaired) electrons. The molecule has 3 heterocycles. The molecule has 0 atom stereocenters. The molecule has 28 heavy (non-hydrogen) atoms. The number of anilines is 1. The van der Waals surface area contributed by atoms with Gasteiger partial charge in [-0.1, -0.05) is 37.3 Å². The molecule has 1 fully saturated rings. The Bertz CT molecular complexity index is 906. The van der Waals surface area contributed by atoms with Gasteiger partial charge in [-0.25, -0.2) is 9.67 Å². The van der Waals surface area contributed by atoms with E-state index in [0.29, 0.717) is 0 Å². The van der Waals surface area contributed by atoms with Crippen LogP contribution in [0.1, 0.15) is 29.4 Å². The number of nitrogens with zero attached hydrogens (tertiary/aromatic N) is 5. The van der Waals surface area contributed by atoms with Gasteiger partial charge in [-0.3, -0.25) is 4.90 Å². The Morgan fingerprint density at radius 1 is 0.893 bits per heavy atom. The summed E-state index contributed by atoms with van der Waals surface area (Å²) in [5.41, 5.74) is 6.31. The molecule has 0 N–H and O–H groups in total. The smallest absolute Gasteiger partial charge is 0.153 e. The fourth-order valence-corrected chi connectivity index (χ4v) is 4.06. The quantitative estimate of drug-likeness (QED) is 0.680. The molecule has 1 aromatic carbocycles. The van der Waals surface area contributed by atoms with E-state index in [1.165, 1.54) is 22.5 Å². The minimum absolute atomic E-state index is 0.878. The lowest BCUT2D eigenvalue weighted by atomic mass is 10.1. The summed E-state index contributed by atoms with van der Waals surface area (Å²) < 4.78 is 1.96. The fraction of sp³-hybridized carbons (Fsp3) is 0.391. The highest BCUT2D eigenvalue weighted by atomic mass is 15.4. The van der Waals surface area contributed by atoms with Crippen LogP contribution in [0.2, 0.25) is 0 Å². The SMILES string of the molecule is CCc1ccc(CN2CCN(c3c(C)nn(-c4ccccn4)c3C)CC2)cc1. The molecule has 5 nitrogen and oxygen atoms in total. The third-order valence-corrected chi connectivity index (χ3v) is 5.65. The molecular weight excluding hydrogens is 346 g/mol. The van der Waals surface area contributed by atoms with Crippen molar-refractivity contribution in [1.29, 1.82) is 0 Å². The largest absolute Gasteiger partial charge is 0.366 e. The van der Waals surface area contributed by atoms with E-state index in [9.17, 15) is 0 Å². The summed E-state index contributed by atoms with van der Waals surface area (Å²) >= 11 is 0. The lowest BCUT2D eigenvalue weighted by Gasteiger charge is -2.36. The molecule has 3 aromatic rings. The van der Waals surface area contributed by atoms with Gasteiger partial charge in [0.05, 0.1) is 17.1 Å². The molecule has 0 saturated carbocycles. The van der Waals surface area contributed by atoms with E-state index in [2.05, 4.69) is 59.8 Å². The third kappa shape index (κ3) is 3.80. The van der Waals surface area contributed by atoms with E-state index in [0.717, 1.165) is 50.7 Å². The number of aryl methyl sites for hydroxylation is 2. The Morgan fingerprint density at radius 3 is 2.25 bits per heavy atom. The molecule has 1 aliphatic heterocycles. The summed E-state index contributed by atoms with van der Waals surface area (Å²) in [4.78, 5) is 9.48. The van der Waals surface area contributed by atoms with Crippen LogP contribution < -0.4 is 4.90 Å². The van der Waals surface area contributed by atoms with E-state index in [4.69, 9.17) is 5.10 Å².